The van der Waals surface area contributed by atoms with Crippen molar-refractivity contribution < 1.29 is 4.79 Å². The molecule has 80 valence electrons. The Balaban J connectivity index is 1.92. The summed E-state index contributed by atoms with van der Waals surface area (Å²) in [4.78, 5) is 13.7. The summed E-state index contributed by atoms with van der Waals surface area (Å²) < 4.78 is 0.591. The van der Waals surface area contributed by atoms with Crippen LogP contribution in [0.2, 0.25) is 0 Å². The lowest BCUT2D eigenvalue weighted by Crippen LogP contribution is -2.38. The molecule has 1 N–H and O–H groups in total. The van der Waals surface area contributed by atoms with Crippen molar-refractivity contribution in [1.82, 2.24) is 10.2 Å². The van der Waals surface area contributed by atoms with Gasteiger partial charge in [-0.25, -0.2) is 0 Å². The van der Waals surface area contributed by atoms with Crippen LogP contribution in [0.3, 0.4) is 0 Å². The SMILES string of the molecule is CC1NC(C)N(CC2SCCS2)C1=O. The van der Waals surface area contributed by atoms with Gasteiger partial charge in [-0.1, -0.05) is 0 Å². The molecule has 2 atom stereocenters. The van der Waals surface area contributed by atoms with Crippen molar-refractivity contribution >= 4 is 29.4 Å². The lowest BCUT2D eigenvalue weighted by Gasteiger charge is -2.23. The summed E-state index contributed by atoms with van der Waals surface area (Å²) in [5.74, 6) is 2.72. The molecule has 3 nitrogen and oxygen atoms in total. The maximum atomic E-state index is 11.7. The molecule has 0 bridgehead atoms. The van der Waals surface area contributed by atoms with E-state index in [2.05, 4.69) is 12.2 Å². The highest BCUT2D eigenvalue weighted by molar-refractivity contribution is 8.20. The first kappa shape index (κ1) is 10.6. The van der Waals surface area contributed by atoms with E-state index in [1.54, 1.807) is 0 Å². The first-order chi connectivity index (χ1) is 6.68. The number of amides is 1. The van der Waals surface area contributed by atoms with Crippen molar-refractivity contribution in [2.24, 2.45) is 0 Å². The molecular weight excluding hydrogens is 216 g/mol. The molecule has 0 saturated carbocycles. The molecule has 2 aliphatic heterocycles. The van der Waals surface area contributed by atoms with Gasteiger partial charge in [-0.15, -0.1) is 23.5 Å². The highest BCUT2D eigenvalue weighted by atomic mass is 32.2. The fraction of sp³-hybridized carbons (Fsp3) is 0.889. The minimum absolute atomic E-state index is 0.00130. The Bertz CT molecular complexity index is 231. The minimum atomic E-state index is 0.00130. The van der Waals surface area contributed by atoms with Crippen LogP contribution in [-0.2, 0) is 4.79 Å². The van der Waals surface area contributed by atoms with Crippen LogP contribution in [0.15, 0.2) is 0 Å². The summed E-state index contributed by atoms with van der Waals surface area (Å²) in [6, 6.07) is 0.00130. The molecule has 2 aliphatic rings. The second-order valence-electron chi connectivity index (χ2n) is 3.73. The number of hydrogen-bond donors (Lipinski definition) is 1. The highest BCUT2D eigenvalue weighted by Gasteiger charge is 2.35. The predicted octanol–water partition coefficient (Wildman–Crippen LogP) is 0.959. The molecule has 5 heteroatoms. The highest BCUT2D eigenvalue weighted by Crippen LogP contribution is 2.33. The van der Waals surface area contributed by atoms with Gasteiger partial charge in [-0.3, -0.25) is 10.1 Å². The number of nitrogens with zero attached hydrogens (tertiary/aromatic N) is 1. The van der Waals surface area contributed by atoms with Crippen LogP contribution >= 0.6 is 23.5 Å². The lowest BCUT2D eigenvalue weighted by molar-refractivity contribution is -0.129. The van der Waals surface area contributed by atoms with Crippen LogP contribution < -0.4 is 5.32 Å². The summed E-state index contributed by atoms with van der Waals surface area (Å²) in [7, 11) is 0. The summed E-state index contributed by atoms with van der Waals surface area (Å²) in [6.45, 7) is 4.89. The summed E-state index contributed by atoms with van der Waals surface area (Å²) >= 11 is 3.95. The summed E-state index contributed by atoms with van der Waals surface area (Å²) in [5.41, 5.74) is 0. The quantitative estimate of drug-likeness (QED) is 0.768. The number of carbonyl (C=O) groups excluding carboxylic acids is 1. The Hall–Kier alpha value is 0.130. The van der Waals surface area contributed by atoms with E-state index < -0.39 is 0 Å². The Morgan fingerprint density at radius 3 is 2.57 bits per heavy atom. The molecule has 0 spiro atoms. The molecule has 0 aromatic heterocycles. The van der Waals surface area contributed by atoms with E-state index in [1.165, 1.54) is 11.5 Å². The standard InChI is InChI=1S/C9H16N2OS2/c1-6-9(12)11(7(2)10-6)5-8-13-3-4-14-8/h6-8,10H,3-5H2,1-2H3. The number of thioether (sulfide) groups is 2. The average molecular weight is 232 g/mol. The second-order valence-corrected chi connectivity index (χ2v) is 6.65. The van der Waals surface area contributed by atoms with Crippen LogP contribution in [0.25, 0.3) is 0 Å². The largest absolute Gasteiger partial charge is 0.324 e. The van der Waals surface area contributed by atoms with Gasteiger partial charge in [0.25, 0.3) is 0 Å². The summed E-state index contributed by atoms with van der Waals surface area (Å²) in [6.07, 6.45) is 0.208. The van der Waals surface area contributed by atoms with Gasteiger partial charge in [-0.2, -0.15) is 0 Å². The summed E-state index contributed by atoms with van der Waals surface area (Å²) in [5, 5.41) is 3.25. The van der Waals surface area contributed by atoms with Gasteiger partial charge in [0.15, 0.2) is 0 Å². The van der Waals surface area contributed by atoms with Crippen molar-refractivity contribution in [2.45, 2.75) is 30.6 Å². The smallest absolute Gasteiger partial charge is 0.240 e. The molecule has 0 aromatic rings. The van der Waals surface area contributed by atoms with Crippen molar-refractivity contribution in [3.63, 3.8) is 0 Å². The van der Waals surface area contributed by atoms with Gasteiger partial charge in [0.05, 0.1) is 16.8 Å². The van der Waals surface area contributed by atoms with Crippen molar-refractivity contribution in [3.8, 4) is 0 Å². The van der Waals surface area contributed by atoms with Crippen LogP contribution in [-0.4, -0.2) is 45.6 Å². The fourth-order valence-electron chi connectivity index (χ4n) is 1.88. The van der Waals surface area contributed by atoms with E-state index in [1.807, 2.05) is 35.3 Å². The molecule has 14 heavy (non-hydrogen) atoms. The Kier molecular flexibility index (Phi) is 3.29. The van der Waals surface area contributed by atoms with Gasteiger partial charge >= 0.3 is 0 Å². The number of hydrogen-bond acceptors (Lipinski definition) is 4. The topological polar surface area (TPSA) is 32.3 Å². The first-order valence-electron chi connectivity index (χ1n) is 4.98. The van der Waals surface area contributed by atoms with Crippen LogP contribution in [0.1, 0.15) is 13.8 Å². The Morgan fingerprint density at radius 1 is 1.43 bits per heavy atom. The first-order valence-corrected chi connectivity index (χ1v) is 7.08. The molecule has 2 rings (SSSR count). The molecular formula is C9H16N2OS2. The molecule has 1 amide bonds. The van der Waals surface area contributed by atoms with E-state index in [0.717, 1.165) is 6.54 Å². The lowest BCUT2D eigenvalue weighted by atomic mass is 10.3. The number of carbonyl (C=O) groups is 1. The zero-order valence-corrected chi connectivity index (χ0v) is 10.2. The van der Waals surface area contributed by atoms with Crippen LogP contribution in [0, 0.1) is 0 Å². The van der Waals surface area contributed by atoms with Gasteiger partial charge in [0.2, 0.25) is 5.91 Å². The zero-order valence-electron chi connectivity index (χ0n) is 8.53. The zero-order chi connectivity index (χ0) is 10.1. The monoisotopic (exact) mass is 232 g/mol. The maximum Gasteiger partial charge on any atom is 0.240 e. The van der Waals surface area contributed by atoms with E-state index in [0.29, 0.717) is 4.58 Å². The van der Waals surface area contributed by atoms with Crippen LogP contribution in [0.4, 0.5) is 0 Å². The van der Waals surface area contributed by atoms with Gasteiger partial charge in [0, 0.05) is 18.1 Å². The van der Waals surface area contributed by atoms with E-state index in [-0.39, 0.29) is 18.1 Å². The number of rotatable bonds is 2. The van der Waals surface area contributed by atoms with E-state index in [9.17, 15) is 4.79 Å². The minimum Gasteiger partial charge on any atom is -0.324 e. The van der Waals surface area contributed by atoms with Gasteiger partial charge in [-0.05, 0) is 13.8 Å². The molecule has 2 saturated heterocycles. The third-order valence-corrected chi connectivity index (χ3v) is 5.65. The number of nitrogens with one attached hydrogen (secondary N) is 1. The average Bonchev–Trinajstić information content (AvgIpc) is 2.71. The Morgan fingerprint density at radius 2 is 2.07 bits per heavy atom. The molecule has 0 aliphatic carbocycles. The predicted molar refractivity (Wildman–Crippen MR) is 62.5 cm³/mol. The molecule has 2 fully saturated rings. The van der Waals surface area contributed by atoms with Gasteiger partial charge < -0.3 is 4.90 Å². The van der Waals surface area contributed by atoms with E-state index >= 15 is 0 Å². The second kappa shape index (κ2) is 4.33. The van der Waals surface area contributed by atoms with Crippen LogP contribution in [0.5, 0.6) is 0 Å². The normalized spacial score (nSPS) is 34.4. The molecule has 0 aromatic carbocycles. The molecule has 2 unspecified atom stereocenters. The molecule has 0 radical (unpaired) electrons. The van der Waals surface area contributed by atoms with Crippen molar-refractivity contribution in [3.05, 3.63) is 0 Å². The van der Waals surface area contributed by atoms with Gasteiger partial charge in [0.1, 0.15) is 0 Å². The maximum absolute atomic E-state index is 11.7. The van der Waals surface area contributed by atoms with E-state index in [4.69, 9.17) is 0 Å². The fourth-order valence-corrected chi connectivity index (χ4v) is 4.67. The third kappa shape index (κ3) is 2.04. The third-order valence-electron chi connectivity index (χ3n) is 2.65. The van der Waals surface area contributed by atoms with Crippen molar-refractivity contribution in [2.75, 3.05) is 18.1 Å². The Labute approximate surface area is 93.4 Å². The molecule has 2 heterocycles. The van der Waals surface area contributed by atoms with Crippen molar-refractivity contribution in [1.29, 1.82) is 0 Å².